The zero-order valence-corrected chi connectivity index (χ0v) is 21.1. The molecule has 0 aromatic heterocycles. The number of amides is 1. The molecule has 0 aliphatic heterocycles. The fourth-order valence-corrected chi connectivity index (χ4v) is 5.44. The number of carbonyl (C=O) groups is 1. The van der Waals surface area contributed by atoms with Gasteiger partial charge in [0.15, 0.2) is 0 Å². The highest BCUT2D eigenvalue weighted by Crippen LogP contribution is 2.30. The van der Waals surface area contributed by atoms with Crippen LogP contribution in [0.1, 0.15) is 40.8 Å². The smallest absolute Gasteiger partial charge is 0.264 e. The van der Waals surface area contributed by atoms with Gasteiger partial charge in [-0.25, -0.2) is 8.42 Å². The Hall–Kier alpha value is -2.83. The van der Waals surface area contributed by atoms with E-state index in [2.05, 4.69) is 11.4 Å². The van der Waals surface area contributed by atoms with Crippen LogP contribution in [0.5, 0.6) is 0 Å². The first-order valence-corrected chi connectivity index (χ1v) is 12.5. The maximum absolute atomic E-state index is 13.6. The highest BCUT2D eigenvalue weighted by molar-refractivity contribution is 7.92. The number of benzene rings is 3. The fraction of sp³-hybridized carbons (Fsp3) is 0.269. The molecule has 1 N–H and O–H groups in total. The van der Waals surface area contributed by atoms with E-state index in [0.717, 1.165) is 26.6 Å². The third kappa shape index (κ3) is 5.75. The highest BCUT2D eigenvalue weighted by Gasteiger charge is 2.29. The van der Waals surface area contributed by atoms with Crippen LogP contribution in [-0.2, 0) is 14.8 Å². The van der Waals surface area contributed by atoms with Crippen molar-refractivity contribution in [3.63, 3.8) is 0 Å². The summed E-state index contributed by atoms with van der Waals surface area (Å²) in [5.74, 6) is -0.405. The van der Waals surface area contributed by atoms with Gasteiger partial charge >= 0.3 is 0 Å². The van der Waals surface area contributed by atoms with Crippen LogP contribution in [0.3, 0.4) is 0 Å². The number of aryl methyl sites for hydroxylation is 4. The van der Waals surface area contributed by atoms with Gasteiger partial charge < -0.3 is 5.32 Å². The van der Waals surface area contributed by atoms with E-state index in [1.165, 1.54) is 0 Å². The Morgan fingerprint density at radius 3 is 2.18 bits per heavy atom. The fourth-order valence-electron chi connectivity index (χ4n) is 3.80. The molecule has 0 saturated carbocycles. The summed E-state index contributed by atoms with van der Waals surface area (Å²) >= 11 is 6.19. The summed E-state index contributed by atoms with van der Waals surface area (Å²) in [6, 6.07) is 17.3. The lowest BCUT2D eigenvalue weighted by Gasteiger charge is -2.27. The molecule has 0 bridgehead atoms. The standard InChI is InChI=1S/C26H29ClN2O3S/c1-17-6-11-23(12-7-17)33(31,32)29(25-15-22(27)10-9-19(25)3)16-26(30)28-21(5)24-13-8-18(2)14-20(24)4/h6-15,21H,16H2,1-5H3,(H,28,30)/t21-/m0/s1. The number of hydrogen-bond acceptors (Lipinski definition) is 3. The van der Waals surface area contributed by atoms with E-state index < -0.39 is 15.9 Å². The Kier molecular flexibility index (Phi) is 7.50. The van der Waals surface area contributed by atoms with Crippen molar-refractivity contribution in [3.05, 3.63) is 93.5 Å². The van der Waals surface area contributed by atoms with E-state index in [4.69, 9.17) is 11.6 Å². The van der Waals surface area contributed by atoms with Crippen LogP contribution in [0.4, 0.5) is 5.69 Å². The van der Waals surface area contributed by atoms with Crippen molar-refractivity contribution in [2.75, 3.05) is 10.8 Å². The van der Waals surface area contributed by atoms with Gasteiger partial charge in [-0.05, 0) is 75.6 Å². The lowest BCUT2D eigenvalue weighted by molar-refractivity contribution is -0.120. The van der Waals surface area contributed by atoms with Gasteiger partial charge in [0, 0.05) is 5.02 Å². The second-order valence-electron chi connectivity index (χ2n) is 8.40. The Balaban J connectivity index is 1.95. The molecular formula is C26H29ClN2O3S. The SMILES string of the molecule is Cc1ccc(S(=O)(=O)N(CC(=O)N[C@@H](C)c2ccc(C)cc2C)c2cc(Cl)ccc2C)cc1. The van der Waals surface area contributed by atoms with Crippen molar-refractivity contribution in [2.45, 2.75) is 45.6 Å². The van der Waals surface area contributed by atoms with Gasteiger partial charge in [-0.15, -0.1) is 0 Å². The molecule has 0 spiro atoms. The first-order chi connectivity index (χ1) is 15.5. The van der Waals surface area contributed by atoms with Gasteiger partial charge in [-0.3, -0.25) is 9.10 Å². The average Bonchev–Trinajstić information content (AvgIpc) is 2.74. The molecule has 0 unspecified atom stereocenters. The molecule has 0 aliphatic rings. The largest absolute Gasteiger partial charge is 0.348 e. The maximum atomic E-state index is 13.6. The van der Waals surface area contributed by atoms with Crippen molar-refractivity contribution in [1.29, 1.82) is 0 Å². The Labute approximate surface area is 201 Å². The monoisotopic (exact) mass is 484 g/mol. The third-order valence-electron chi connectivity index (χ3n) is 5.61. The molecule has 3 aromatic carbocycles. The van der Waals surface area contributed by atoms with E-state index in [9.17, 15) is 13.2 Å². The molecule has 0 heterocycles. The second kappa shape index (κ2) is 9.98. The van der Waals surface area contributed by atoms with Gasteiger partial charge in [0.05, 0.1) is 16.6 Å². The molecule has 5 nitrogen and oxygen atoms in total. The van der Waals surface area contributed by atoms with Crippen molar-refractivity contribution in [2.24, 2.45) is 0 Å². The summed E-state index contributed by atoms with van der Waals surface area (Å²) in [7, 11) is -4.01. The molecule has 3 rings (SSSR count). The molecule has 1 atom stereocenters. The number of carbonyl (C=O) groups excluding carboxylic acids is 1. The van der Waals surface area contributed by atoms with Crippen molar-refractivity contribution in [1.82, 2.24) is 5.32 Å². The molecule has 0 fully saturated rings. The summed E-state index contributed by atoms with van der Waals surface area (Å²) in [5, 5.41) is 3.34. The summed E-state index contributed by atoms with van der Waals surface area (Å²) in [4.78, 5) is 13.2. The number of nitrogens with one attached hydrogen (secondary N) is 1. The normalized spacial score (nSPS) is 12.3. The van der Waals surface area contributed by atoms with Crippen molar-refractivity contribution >= 4 is 33.2 Å². The zero-order chi connectivity index (χ0) is 24.3. The Morgan fingerprint density at radius 1 is 0.909 bits per heavy atom. The molecule has 0 saturated heterocycles. The van der Waals surface area contributed by atoms with Crippen LogP contribution in [0.15, 0.2) is 65.6 Å². The average molecular weight is 485 g/mol. The Morgan fingerprint density at radius 2 is 1.55 bits per heavy atom. The van der Waals surface area contributed by atoms with Crippen LogP contribution in [0.25, 0.3) is 0 Å². The molecule has 1 amide bonds. The lowest BCUT2D eigenvalue weighted by Crippen LogP contribution is -2.42. The molecule has 7 heteroatoms. The summed E-state index contributed by atoms with van der Waals surface area (Å²) in [5.41, 5.74) is 5.21. The number of sulfonamides is 1. The summed E-state index contributed by atoms with van der Waals surface area (Å²) in [6.45, 7) is 9.21. The van der Waals surface area contributed by atoms with E-state index >= 15 is 0 Å². The third-order valence-corrected chi connectivity index (χ3v) is 7.61. The molecule has 174 valence electrons. The predicted molar refractivity (Wildman–Crippen MR) is 134 cm³/mol. The van der Waals surface area contributed by atoms with Gasteiger partial charge in [0.1, 0.15) is 6.54 Å². The minimum absolute atomic E-state index is 0.114. The van der Waals surface area contributed by atoms with E-state index in [-0.39, 0.29) is 17.5 Å². The van der Waals surface area contributed by atoms with Crippen LogP contribution < -0.4 is 9.62 Å². The number of nitrogens with zero attached hydrogens (tertiary/aromatic N) is 1. The van der Waals surface area contributed by atoms with Crippen LogP contribution in [0.2, 0.25) is 5.02 Å². The van der Waals surface area contributed by atoms with Crippen LogP contribution in [0, 0.1) is 27.7 Å². The molecule has 3 aromatic rings. The summed E-state index contributed by atoms with van der Waals surface area (Å²) in [6.07, 6.45) is 0. The van der Waals surface area contributed by atoms with E-state index in [1.54, 1.807) is 49.4 Å². The molecule has 0 radical (unpaired) electrons. The minimum Gasteiger partial charge on any atom is -0.348 e. The zero-order valence-electron chi connectivity index (χ0n) is 19.5. The number of anilines is 1. The van der Waals surface area contributed by atoms with Gasteiger partial charge in [0.25, 0.3) is 10.0 Å². The molecule has 0 aliphatic carbocycles. The number of hydrogen-bond donors (Lipinski definition) is 1. The lowest BCUT2D eigenvalue weighted by atomic mass is 10.0. The van der Waals surface area contributed by atoms with Gasteiger partial charge in [-0.1, -0.05) is 59.1 Å². The van der Waals surface area contributed by atoms with Crippen molar-refractivity contribution < 1.29 is 13.2 Å². The van der Waals surface area contributed by atoms with Crippen LogP contribution >= 0.6 is 11.6 Å². The van der Waals surface area contributed by atoms with Crippen molar-refractivity contribution in [3.8, 4) is 0 Å². The van der Waals surface area contributed by atoms with Gasteiger partial charge in [0.2, 0.25) is 5.91 Å². The first kappa shape index (κ1) is 24.8. The highest BCUT2D eigenvalue weighted by atomic mass is 35.5. The quantitative estimate of drug-likeness (QED) is 0.471. The molecule has 33 heavy (non-hydrogen) atoms. The summed E-state index contributed by atoms with van der Waals surface area (Å²) < 4.78 is 28.3. The Bertz CT molecular complexity index is 1270. The van der Waals surface area contributed by atoms with E-state index in [1.807, 2.05) is 39.8 Å². The minimum atomic E-state index is -4.01. The second-order valence-corrected chi connectivity index (χ2v) is 10.7. The number of rotatable bonds is 7. The first-order valence-electron chi connectivity index (χ1n) is 10.7. The molecular weight excluding hydrogens is 456 g/mol. The topological polar surface area (TPSA) is 66.5 Å². The van der Waals surface area contributed by atoms with E-state index in [0.29, 0.717) is 16.3 Å². The van der Waals surface area contributed by atoms with Gasteiger partial charge in [-0.2, -0.15) is 0 Å². The number of halogens is 1. The maximum Gasteiger partial charge on any atom is 0.264 e. The predicted octanol–water partition coefficient (Wildman–Crippen LogP) is 5.65. The van der Waals surface area contributed by atoms with Crippen LogP contribution in [-0.4, -0.2) is 20.9 Å².